The van der Waals surface area contributed by atoms with Crippen LogP contribution in [0.2, 0.25) is 0 Å². The Bertz CT molecular complexity index is 1300. The summed E-state index contributed by atoms with van der Waals surface area (Å²) < 4.78 is 65.8. The molecule has 9 nitrogen and oxygen atoms in total. The van der Waals surface area contributed by atoms with Gasteiger partial charge in [-0.3, -0.25) is 13.9 Å². The molecule has 0 aromatic heterocycles. The summed E-state index contributed by atoms with van der Waals surface area (Å²) in [5.74, 6) is -0.619. The van der Waals surface area contributed by atoms with Crippen molar-refractivity contribution in [1.82, 2.24) is 0 Å². The second-order valence-corrected chi connectivity index (χ2v) is 8.60. The highest BCUT2D eigenvalue weighted by atomic mass is 32.2. The van der Waals surface area contributed by atoms with Crippen LogP contribution in [0.25, 0.3) is 10.8 Å². The smallest absolute Gasteiger partial charge is 0.295 e. The molecule has 3 aromatic rings. The van der Waals surface area contributed by atoms with Gasteiger partial charge in [0.2, 0.25) is 0 Å². The molecule has 0 bridgehead atoms. The fraction of sp³-hybridized carbons (Fsp3) is 0. The molecule has 0 saturated carbocycles. The van der Waals surface area contributed by atoms with Gasteiger partial charge in [0, 0.05) is 22.0 Å². The highest BCUT2D eigenvalue weighted by Crippen LogP contribution is 2.34. The van der Waals surface area contributed by atoms with Crippen LogP contribution in [0, 0.1) is 0 Å². The van der Waals surface area contributed by atoms with Crippen molar-refractivity contribution in [2.24, 2.45) is 0 Å². The number of carbonyl (C=O) groups excluding carboxylic acids is 1. The maximum atomic E-state index is 12.5. The molecule has 3 aromatic carbocycles. The standard InChI is InChI=1S/C17H14N2O7S2/c18-11-6-4-10(5-7-11)17(20)19-13-8-9-14(27(21,22)23)12-2-1-3-15(16(12)13)28(24,25)26/h1-9H,18H2,(H,19,20)(H,21,22,23)(H,24,25,26). The Morgan fingerprint density at radius 2 is 1.43 bits per heavy atom. The molecule has 0 aliphatic rings. The average molecular weight is 422 g/mol. The first kappa shape index (κ1) is 19.8. The molecule has 0 atom stereocenters. The second kappa shape index (κ2) is 6.87. The number of amides is 1. The van der Waals surface area contributed by atoms with E-state index in [1.165, 1.54) is 36.4 Å². The molecule has 0 heterocycles. The fourth-order valence-corrected chi connectivity index (χ4v) is 4.14. The average Bonchev–Trinajstić information content (AvgIpc) is 2.60. The van der Waals surface area contributed by atoms with Crippen LogP contribution in [0.4, 0.5) is 11.4 Å². The molecular formula is C17H14N2O7S2. The first-order valence-electron chi connectivity index (χ1n) is 7.66. The summed E-state index contributed by atoms with van der Waals surface area (Å²) in [4.78, 5) is 11.3. The molecule has 1 amide bonds. The summed E-state index contributed by atoms with van der Waals surface area (Å²) >= 11 is 0. The van der Waals surface area contributed by atoms with Gasteiger partial charge in [-0.2, -0.15) is 16.8 Å². The topological polar surface area (TPSA) is 164 Å². The molecule has 146 valence electrons. The summed E-state index contributed by atoms with van der Waals surface area (Å²) in [5, 5.41) is 2.03. The summed E-state index contributed by atoms with van der Waals surface area (Å²) in [6, 6.07) is 11.5. The molecule has 0 aliphatic heterocycles. The van der Waals surface area contributed by atoms with Crippen molar-refractivity contribution < 1.29 is 30.7 Å². The molecule has 3 rings (SSSR count). The number of fused-ring (bicyclic) bond motifs is 1. The second-order valence-electron chi connectivity index (χ2n) is 5.82. The highest BCUT2D eigenvalue weighted by molar-refractivity contribution is 7.86. The summed E-state index contributed by atoms with van der Waals surface area (Å²) in [6.45, 7) is 0. The van der Waals surface area contributed by atoms with Crippen LogP contribution < -0.4 is 11.1 Å². The third-order valence-corrected chi connectivity index (χ3v) is 5.75. The Labute approximate surface area is 160 Å². The summed E-state index contributed by atoms with van der Waals surface area (Å²) in [6.07, 6.45) is 0. The Balaban J connectivity index is 2.25. The van der Waals surface area contributed by atoms with Crippen molar-refractivity contribution >= 4 is 48.3 Å². The SMILES string of the molecule is Nc1ccc(C(=O)Nc2ccc(S(=O)(=O)O)c3cccc(S(=O)(=O)O)c23)cc1. The molecule has 11 heteroatoms. The third-order valence-electron chi connectivity index (χ3n) is 3.94. The number of hydrogen-bond acceptors (Lipinski definition) is 6. The van der Waals surface area contributed by atoms with E-state index in [0.29, 0.717) is 5.69 Å². The first-order valence-corrected chi connectivity index (χ1v) is 10.5. The van der Waals surface area contributed by atoms with E-state index in [0.717, 1.165) is 18.2 Å². The van der Waals surface area contributed by atoms with Crippen molar-refractivity contribution in [1.29, 1.82) is 0 Å². The van der Waals surface area contributed by atoms with E-state index < -0.39 is 35.9 Å². The van der Waals surface area contributed by atoms with Crippen molar-refractivity contribution in [2.45, 2.75) is 9.79 Å². The van der Waals surface area contributed by atoms with Crippen LogP contribution >= 0.6 is 0 Å². The maximum Gasteiger partial charge on any atom is 0.295 e. The van der Waals surface area contributed by atoms with Gasteiger partial charge in [0.25, 0.3) is 26.1 Å². The normalized spacial score (nSPS) is 12.1. The van der Waals surface area contributed by atoms with E-state index >= 15 is 0 Å². The molecule has 28 heavy (non-hydrogen) atoms. The van der Waals surface area contributed by atoms with E-state index in [1.54, 1.807) is 0 Å². The largest absolute Gasteiger partial charge is 0.399 e. The van der Waals surface area contributed by atoms with Gasteiger partial charge in [0.15, 0.2) is 0 Å². The molecule has 5 N–H and O–H groups in total. The Morgan fingerprint density at radius 1 is 0.821 bits per heavy atom. The van der Waals surface area contributed by atoms with Gasteiger partial charge < -0.3 is 11.1 Å². The lowest BCUT2D eigenvalue weighted by atomic mass is 10.1. The molecule has 0 unspecified atom stereocenters. The number of hydrogen-bond donors (Lipinski definition) is 4. The Hall–Kier alpha value is -2.99. The Morgan fingerprint density at radius 3 is 2.00 bits per heavy atom. The minimum Gasteiger partial charge on any atom is -0.399 e. The number of carbonyl (C=O) groups is 1. The van der Waals surface area contributed by atoms with E-state index in [-0.39, 0.29) is 22.0 Å². The van der Waals surface area contributed by atoms with E-state index in [9.17, 15) is 30.7 Å². The van der Waals surface area contributed by atoms with Crippen molar-refractivity contribution in [2.75, 3.05) is 11.1 Å². The van der Waals surface area contributed by atoms with Crippen LogP contribution in [0.5, 0.6) is 0 Å². The summed E-state index contributed by atoms with van der Waals surface area (Å²) in [5.41, 5.74) is 6.15. The third kappa shape index (κ3) is 3.82. The predicted molar refractivity (Wildman–Crippen MR) is 102 cm³/mol. The van der Waals surface area contributed by atoms with Crippen LogP contribution in [0.15, 0.2) is 64.4 Å². The molecule has 0 saturated heterocycles. The van der Waals surface area contributed by atoms with Crippen LogP contribution in [0.3, 0.4) is 0 Å². The van der Waals surface area contributed by atoms with Gasteiger partial charge in [0.1, 0.15) is 9.79 Å². The number of nitrogens with one attached hydrogen (secondary N) is 1. The zero-order valence-electron chi connectivity index (χ0n) is 14.0. The van der Waals surface area contributed by atoms with Gasteiger partial charge in [-0.15, -0.1) is 0 Å². The zero-order valence-corrected chi connectivity index (χ0v) is 15.7. The van der Waals surface area contributed by atoms with Gasteiger partial charge >= 0.3 is 0 Å². The van der Waals surface area contributed by atoms with E-state index in [2.05, 4.69) is 5.32 Å². The molecule has 0 fully saturated rings. The van der Waals surface area contributed by atoms with Crippen molar-refractivity contribution in [3.8, 4) is 0 Å². The minimum atomic E-state index is -4.76. The number of anilines is 2. The van der Waals surface area contributed by atoms with E-state index in [4.69, 9.17) is 5.73 Å². The highest BCUT2D eigenvalue weighted by Gasteiger charge is 2.23. The quantitative estimate of drug-likeness (QED) is 0.367. The monoisotopic (exact) mass is 422 g/mol. The molecular weight excluding hydrogens is 408 g/mol. The first-order chi connectivity index (χ1) is 13.0. The van der Waals surface area contributed by atoms with Gasteiger partial charge in [-0.25, -0.2) is 0 Å². The predicted octanol–water partition coefficient (Wildman–Crippen LogP) is 2.17. The van der Waals surface area contributed by atoms with Crippen LogP contribution in [-0.4, -0.2) is 31.8 Å². The van der Waals surface area contributed by atoms with Gasteiger partial charge in [0.05, 0.1) is 5.69 Å². The lowest BCUT2D eigenvalue weighted by molar-refractivity contribution is 0.102. The molecule has 0 radical (unpaired) electrons. The van der Waals surface area contributed by atoms with Crippen LogP contribution in [0.1, 0.15) is 10.4 Å². The fourth-order valence-electron chi connectivity index (χ4n) is 2.72. The number of rotatable bonds is 4. The number of nitrogens with two attached hydrogens (primary N) is 1. The van der Waals surface area contributed by atoms with E-state index in [1.807, 2.05) is 0 Å². The zero-order chi connectivity index (χ0) is 20.7. The lowest BCUT2D eigenvalue weighted by Gasteiger charge is -2.14. The molecule has 0 spiro atoms. The van der Waals surface area contributed by atoms with Crippen molar-refractivity contribution in [3.63, 3.8) is 0 Å². The van der Waals surface area contributed by atoms with Crippen molar-refractivity contribution in [3.05, 3.63) is 60.2 Å². The summed E-state index contributed by atoms with van der Waals surface area (Å²) in [7, 11) is -9.46. The minimum absolute atomic E-state index is 0.0718. The number of benzene rings is 3. The maximum absolute atomic E-state index is 12.5. The lowest BCUT2D eigenvalue weighted by Crippen LogP contribution is -2.13. The number of nitrogen functional groups attached to an aromatic ring is 1. The Kier molecular flexibility index (Phi) is 4.85. The molecule has 0 aliphatic carbocycles. The van der Waals surface area contributed by atoms with Crippen LogP contribution in [-0.2, 0) is 20.2 Å². The van der Waals surface area contributed by atoms with Gasteiger partial charge in [-0.1, -0.05) is 12.1 Å². The van der Waals surface area contributed by atoms with Gasteiger partial charge in [-0.05, 0) is 42.5 Å².